The van der Waals surface area contributed by atoms with Crippen LogP contribution < -0.4 is 5.32 Å². The number of thiazole rings is 1. The number of alkyl halides is 3. The van der Waals surface area contributed by atoms with Gasteiger partial charge in [-0.25, -0.2) is 4.98 Å². The second kappa shape index (κ2) is 7.34. The van der Waals surface area contributed by atoms with Gasteiger partial charge in [0.1, 0.15) is 5.01 Å². The lowest BCUT2D eigenvalue weighted by molar-refractivity contribution is -0.137. The van der Waals surface area contributed by atoms with E-state index >= 15 is 0 Å². The maximum absolute atomic E-state index is 12.5. The van der Waals surface area contributed by atoms with Crippen molar-refractivity contribution in [1.29, 1.82) is 0 Å². The van der Waals surface area contributed by atoms with Crippen LogP contribution in [0.3, 0.4) is 0 Å². The standard InChI is InChI=1S/C14H15F3N2OS2/c1-22(20)7-6-18-8-12-9-21-13(19-12)10-2-4-11(5-3-10)14(15,16)17/h2-5,9,18H,6-8H2,1H3. The number of rotatable bonds is 6. The topological polar surface area (TPSA) is 42.0 Å². The molecule has 0 spiro atoms. The quantitative estimate of drug-likeness (QED) is 0.815. The summed E-state index contributed by atoms with van der Waals surface area (Å²) in [5.41, 5.74) is 0.822. The Morgan fingerprint density at radius 3 is 2.55 bits per heavy atom. The van der Waals surface area contributed by atoms with Gasteiger partial charge in [-0.05, 0) is 12.1 Å². The molecular weight excluding hydrogens is 333 g/mol. The van der Waals surface area contributed by atoms with Crippen molar-refractivity contribution < 1.29 is 17.4 Å². The average molecular weight is 348 g/mol. The van der Waals surface area contributed by atoms with E-state index in [-0.39, 0.29) is 0 Å². The minimum absolute atomic E-state index is 0.550. The molecule has 1 aromatic carbocycles. The van der Waals surface area contributed by atoms with Gasteiger partial charge in [0.2, 0.25) is 0 Å². The van der Waals surface area contributed by atoms with Gasteiger partial charge in [-0.2, -0.15) is 13.2 Å². The molecule has 1 atom stereocenters. The third-order valence-electron chi connectivity index (χ3n) is 2.88. The number of nitrogens with one attached hydrogen (secondary N) is 1. The molecule has 0 radical (unpaired) electrons. The van der Waals surface area contributed by atoms with E-state index in [4.69, 9.17) is 0 Å². The molecule has 0 aliphatic heterocycles. The molecule has 2 aromatic rings. The van der Waals surface area contributed by atoms with Crippen LogP contribution in [0.5, 0.6) is 0 Å². The van der Waals surface area contributed by atoms with E-state index in [0.717, 1.165) is 17.8 Å². The average Bonchev–Trinajstić information content (AvgIpc) is 2.91. The number of hydrogen-bond acceptors (Lipinski definition) is 4. The first kappa shape index (κ1) is 17.1. The third kappa shape index (κ3) is 4.89. The van der Waals surface area contributed by atoms with Crippen molar-refractivity contribution >= 4 is 22.1 Å². The normalized spacial score (nSPS) is 13.3. The molecule has 2 rings (SSSR count). The molecule has 1 aromatic heterocycles. The van der Waals surface area contributed by atoms with Crippen LogP contribution in [0.25, 0.3) is 10.6 Å². The highest BCUT2D eigenvalue weighted by Crippen LogP contribution is 2.31. The van der Waals surface area contributed by atoms with Crippen molar-refractivity contribution in [2.24, 2.45) is 0 Å². The summed E-state index contributed by atoms with van der Waals surface area (Å²) in [5.74, 6) is 0.579. The SMILES string of the molecule is CS(=O)CCNCc1csc(-c2ccc(C(F)(F)F)cc2)n1. The Morgan fingerprint density at radius 1 is 1.27 bits per heavy atom. The Bertz CT molecular complexity index is 638. The molecule has 0 amide bonds. The van der Waals surface area contributed by atoms with Crippen molar-refractivity contribution in [1.82, 2.24) is 10.3 Å². The van der Waals surface area contributed by atoms with Crippen LogP contribution in [0.2, 0.25) is 0 Å². The summed E-state index contributed by atoms with van der Waals surface area (Å²) in [6.07, 6.45) is -2.68. The molecular formula is C14H15F3N2OS2. The van der Waals surface area contributed by atoms with Gasteiger partial charge in [0.05, 0.1) is 11.3 Å². The number of nitrogens with zero attached hydrogens (tertiary/aromatic N) is 1. The van der Waals surface area contributed by atoms with E-state index in [1.807, 2.05) is 5.38 Å². The van der Waals surface area contributed by atoms with Crippen LogP contribution in [0.4, 0.5) is 13.2 Å². The summed E-state index contributed by atoms with van der Waals surface area (Å²) in [7, 11) is -0.830. The predicted molar refractivity (Wildman–Crippen MR) is 83.2 cm³/mol. The fourth-order valence-corrected chi connectivity index (χ4v) is 3.01. The Kier molecular flexibility index (Phi) is 5.71. The summed E-state index contributed by atoms with van der Waals surface area (Å²) in [6, 6.07) is 4.98. The monoisotopic (exact) mass is 348 g/mol. The summed E-state index contributed by atoms with van der Waals surface area (Å²) in [4.78, 5) is 4.39. The first-order valence-corrected chi connectivity index (χ1v) is 9.10. The molecule has 3 nitrogen and oxygen atoms in total. The van der Waals surface area contributed by atoms with Gasteiger partial charge in [0, 0.05) is 46.8 Å². The molecule has 0 aliphatic rings. The van der Waals surface area contributed by atoms with E-state index in [2.05, 4.69) is 10.3 Å². The summed E-state index contributed by atoms with van der Waals surface area (Å²) in [5, 5.41) is 5.68. The lowest BCUT2D eigenvalue weighted by Gasteiger charge is -2.06. The van der Waals surface area contributed by atoms with Gasteiger partial charge in [-0.1, -0.05) is 12.1 Å². The Morgan fingerprint density at radius 2 is 1.95 bits per heavy atom. The highest BCUT2D eigenvalue weighted by molar-refractivity contribution is 7.84. The molecule has 120 valence electrons. The van der Waals surface area contributed by atoms with Crippen LogP contribution in [-0.2, 0) is 23.5 Å². The summed E-state index contributed by atoms with van der Waals surface area (Å²) < 4.78 is 48.5. The van der Waals surface area contributed by atoms with Crippen molar-refractivity contribution in [3.8, 4) is 10.6 Å². The minimum Gasteiger partial charge on any atom is -0.310 e. The molecule has 0 bridgehead atoms. The molecule has 0 saturated heterocycles. The van der Waals surface area contributed by atoms with Gasteiger partial charge in [-0.15, -0.1) is 11.3 Å². The lowest BCUT2D eigenvalue weighted by atomic mass is 10.1. The fourth-order valence-electron chi connectivity index (χ4n) is 1.75. The number of halogens is 3. The van der Waals surface area contributed by atoms with E-state index in [0.29, 0.717) is 29.4 Å². The van der Waals surface area contributed by atoms with Gasteiger partial charge >= 0.3 is 6.18 Å². The van der Waals surface area contributed by atoms with E-state index in [1.54, 1.807) is 6.26 Å². The van der Waals surface area contributed by atoms with Crippen LogP contribution in [0.1, 0.15) is 11.3 Å². The first-order valence-electron chi connectivity index (χ1n) is 6.49. The van der Waals surface area contributed by atoms with E-state index < -0.39 is 22.5 Å². The number of aromatic nitrogens is 1. The minimum atomic E-state index is -4.32. The largest absolute Gasteiger partial charge is 0.416 e. The number of benzene rings is 1. The molecule has 1 heterocycles. The predicted octanol–water partition coefficient (Wildman–Crippen LogP) is 3.30. The lowest BCUT2D eigenvalue weighted by Crippen LogP contribution is -2.19. The van der Waals surface area contributed by atoms with Crippen LogP contribution in [-0.4, -0.2) is 27.7 Å². The van der Waals surface area contributed by atoms with E-state index in [9.17, 15) is 17.4 Å². The Balaban J connectivity index is 1.97. The van der Waals surface area contributed by atoms with Crippen molar-refractivity contribution in [2.45, 2.75) is 12.7 Å². The molecule has 8 heteroatoms. The zero-order valence-corrected chi connectivity index (χ0v) is 13.4. The zero-order chi connectivity index (χ0) is 16.2. The summed E-state index contributed by atoms with van der Waals surface area (Å²) >= 11 is 1.39. The molecule has 1 N–H and O–H groups in total. The second-order valence-electron chi connectivity index (χ2n) is 4.67. The third-order valence-corrected chi connectivity index (χ3v) is 4.60. The van der Waals surface area contributed by atoms with Crippen LogP contribution in [0.15, 0.2) is 29.6 Å². The van der Waals surface area contributed by atoms with Crippen LogP contribution in [0, 0.1) is 0 Å². The second-order valence-corrected chi connectivity index (χ2v) is 7.09. The highest BCUT2D eigenvalue weighted by atomic mass is 32.2. The first-order chi connectivity index (χ1) is 10.4. The number of hydrogen-bond donors (Lipinski definition) is 1. The molecule has 0 fully saturated rings. The van der Waals surface area contributed by atoms with Crippen LogP contribution >= 0.6 is 11.3 Å². The smallest absolute Gasteiger partial charge is 0.310 e. The Hall–Kier alpha value is -1.25. The maximum atomic E-state index is 12.5. The Labute approximate surface area is 133 Å². The van der Waals surface area contributed by atoms with Crippen molar-refractivity contribution in [2.75, 3.05) is 18.6 Å². The van der Waals surface area contributed by atoms with Gasteiger partial charge < -0.3 is 5.32 Å². The van der Waals surface area contributed by atoms with Crippen molar-refractivity contribution in [3.05, 3.63) is 40.9 Å². The molecule has 22 heavy (non-hydrogen) atoms. The molecule has 1 unspecified atom stereocenters. The zero-order valence-electron chi connectivity index (χ0n) is 11.8. The summed E-state index contributed by atoms with van der Waals surface area (Å²) in [6.45, 7) is 1.19. The van der Waals surface area contributed by atoms with Gasteiger partial charge in [0.15, 0.2) is 0 Å². The molecule has 0 aliphatic carbocycles. The highest BCUT2D eigenvalue weighted by Gasteiger charge is 2.30. The van der Waals surface area contributed by atoms with Crippen molar-refractivity contribution in [3.63, 3.8) is 0 Å². The van der Waals surface area contributed by atoms with Gasteiger partial charge in [-0.3, -0.25) is 4.21 Å². The van der Waals surface area contributed by atoms with E-state index in [1.165, 1.54) is 23.5 Å². The maximum Gasteiger partial charge on any atom is 0.416 e. The molecule has 0 saturated carbocycles. The fraction of sp³-hybridized carbons (Fsp3) is 0.357. The van der Waals surface area contributed by atoms with Gasteiger partial charge in [0.25, 0.3) is 0 Å².